The molecule has 0 saturated heterocycles. The van der Waals surface area contributed by atoms with Gasteiger partial charge in [-0.25, -0.2) is 4.79 Å². The highest BCUT2D eigenvalue weighted by molar-refractivity contribution is 6.08. The molecule has 0 N–H and O–H groups in total. The van der Waals surface area contributed by atoms with Crippen molar-refractivity contribution in [1.82, 2.24) is 0 Å². The largest absolute Gasteiger partial charge is 0.496 e. The molecule has 7 heteroatoms. The predicted octanol–water partition coefficient (Wildman–Crippen LogP) is 4.24. The first-order valence-electron chi connectivity index (χ1n) is 9.78. The Kier molecular flexibility index (Phi) is 7.59. The highest BCUT2D eigenvalue weighted by atomic mass is 16.5. The second-order valence-corrected chi connectivity index (χ2v) is 6.67. The van der Waals surface area contributed by atoms with Crippen LogP contribution >= 0.6 is 0 Å². The van der Waals surface area contributed by atoms with Gasteiger partial charge < -0.3 is 18.9 Å². The highest BCUT2D eigenvalue weighted by Gasteiger charge is 2.24. The fraction of sp³-hybridized carbons (Fsp3) is 0.160. The zero-order chi connectivity index (χ0) is 22.9. The number of methoxy groups -OCH3 is 2. The topological polar surface area (TPSA) is 88.1 Å². The normalized spacial score (nSPS) is 10.2. The zero-order valence-corrected chi connectivity index (χ0v) is 17.7. The second-order valence-electron chi connectivity index (χ2n) is 6.67. The van der Waals surface area contributed by atoms with Crippen LogP contribution < -0.4 is 14.2 Å². The van der Waals surface area contributed by atoms with Gasteiger partial charge in [0.2, 0.25) is 0 Å². The summed E-state index contributed by atoms with van der Waals surface area (Å²) in [6, 6.07) is 20.6. The van der Waals surface area contributed by atoms with Crippen molar-refractivity contribution in [1.29, 1.82) is 0 Å². The number of hydrogen-bond donors (Lipinski definition) is 0. The Morgan fingerprint density at radius 1 is 0.750 bits per heavy atom. The van der Waals surface area contributed by atoms with Crippen LogP contribution in [0.3, 0.4) is 0 Å². The summed E-state index contributed by atoms with van der Waals surface area (Å²) in [5.41, 5.74) is 1.10. The quantitative estimate of drug-likeness (QED) is 0.215. The summed E-state index contributed by atoms with van der Waals surface area (Å²) in [4.78, 5) is 37.0. The lowest BCUT2D eigenvalue weighted by Crippen LogP contribution is -2.16. The molecule has 0 fully saturated rings. The molecular formula is C25H22O7. The van der Waals surface area contributed by atoms with Crippen molar-refractivity contribution in [2.45, 2.75) is 13.0 Å². The summed E-state index contributed by atoms with van der Waals surface area (Å²) in [6.45, 7) is 0.239. The van der Waals surface area contributed by atoms with Crippen molar-refractivity contribution in [3.05, 3.63) is 89.5 Å². The minimum atomic E-state index is -0.760. The summed E-state index contributed by atoms with van der Waals surface area (Å²) < 4.78 is 21.3. The number of ether oxygens (including phenoxy) is 4. The molecule has 32 heavy (non-hydrogen) atoms. The Hall–Kier alpha value is -4.13. The number of carbonyl (C=O) groups is 3. The molecule has 0 atom stereocenters. The van der Waals surface area contributed by atoms with Crippen LogP contribution in [0, 0.1) is 0 Å². The standard InChI is InChI=1S/C25H22O7/c1-29-21-13-8-14-22(31-16-17-9-4-3-5-10-17)24(21)25(28)32-20-12-7-6-11-18(20)19(26)15-23(27)30-2/h3-14H,15-16H2,1-2H3. The maximum atomic E-state index is 13.1. The van der Waals surface area contributed by atoms with Crippen molar-refractivity contribution in [2.75, 3.05) is 14.2 Å². The number of hydrogen-bond acceptors (Lipinski definition) is 7. The molecule has 0 saturated carbocycles. The van der Waals surface area contributed by atoms with Gasteiger partial charge in [-0.1, -0.05) is 48.5 Å². The van der Waals surface area contributed by atoms with Crippen LogP contribution in [0.15, 0.2) is 72.8 Å². The van der Waals surface area contributed by atoms with Gasteiger partial charge in [-0.05, 0) is 29.8 Å². The average molecular weight is 434 g/mol. The van der Waals surface area contributed by atoms with Crippen molar-refractivity contribution >= 4 is 17.7 Å². The lowest BCUT2D eigenvalue weighted by Gasteiger charge is -2.15. The van der Waals surface area contributed by atoms with Crippen LogP contribution in [0.1, 0.15) is 32.7 Å². The molecule has 0 aromatic heterocycles. The first-order valence-corrected chi connectivity index (χ1v) is 9.78. The van der Waals surface area contributed by atoms with Gasteiger partial charge in [0, 0.05) is 0 Å². The van der Waals surface area contributed by atoms with E-state index in [2.05, 4.69) is 4.74 Å². The first kappa shape index (κ1) is 22.6. The zero-order valence-electron chi connectivity index (χ0n) is 17.7. The van der Waals surface area contributed by atoms with Crippen molar-refractivity contribution in [3.8, 4) is 17.2 Å². The van der Waals surface area contributed by atoms with E-state index in [9.17, 15) is 14.4 Å². The van der Waals surface area contributed by atoms with E-state index in [1.165, 1.54) is 26.4 Å². The third-order valence-corrected chi connectivity index (χ3v) is 4.57. The maximum absolute atomic E-state index is 13.1. The number of rotatable bonds is 9. The van der Waals surface area contributed by atoms with Gasteiger partial charge in [-0.3, -0.25) is 9.59 Å². The fourth-order valence-electron chi connectivity index (χ4n) is 2.97. The number of para-hydroxylation sites is 1. The molecule has 0 bridgehead atoms. The van der Waals surface area contributed by atoms with E-state index in [0.29, 0.717) is 0 Å². The minimum absolute atomic E-state index is 0.0197. The van der Waals surface area contributed by atoms with Crippen molar-refractivity contribution in [3.63, 3.8) is 0 Å². The monoisotopic (exact) mass is 434 g/mol. The second kappa shape index (κ2) is 10.8. The molecule has 3 aromatic rings. The summed E-state index contributed by atoms with van der Waals surface area (Å²) in [5.74, 6) is -1.41. The smallest absolute Gasteiger partial charge is 0.351 e. The van der Waals surface area contributed by atoms with Crippen LogP contribution in [0.5, 0.6) is 17.2 Å². The molecular weight excluding hydrogens is 412 g/mol. The summed E-state index contributed by atoms with van der Waals surface area (Å²) >= 11 is 0. The van der Waals surface area contributed by atoms with Crippen molar-refractivity contribution in [2.24, 2.45) is 0 Å². The third-order valence-electron chi connectivity index (χ3n) is 4.57. The van der Waals surface area contributed by atoms with Gasteiger partial charge >= 0.3 is 11.9 Å². The van der Waals surface area contributed by atoms with E-state index >= 15 is 0 Å². The van der Waals surface area contributed by atoms with Crippen LogP contribution in [0.4, 0.5) is 0 Å². The molecule has 164 valence electrons. The Bertz CT molecular complexity index is 1110. The summed E-state index contributed by atoms with van der Waals surface area (Å²) in [5, 5.41) is 0. The summed E-state index contributed by atoms with van der Waals surface area (Å²) in [6.07, 6.45) is -0.467. The van der Waals surface area contributed by atoms with Crippen LogP contribution in [-0.4, -0.2) is 31.9 Å². The van der Waals surface area contributed by atoms with Gasteiger partial charge in [0.15, 0.2) is 5.78 Å². The Morgan fingerprint density at radius 3 is 2.12 bits per heavy atom. The SMILES string of the molecule is COC(=O)CC(=O)c1ccccc1OC(=O)c1c(OC)cccc1OCc1ccccc1. The third kappa shape index (κ3) is 5.51. The molecule has 0 unspecified atom stereocenters. The Morgan fingerprint density at radius 2 is 1.41 bits per heavy atom. The van der Waals surface area contributed by atoms with Crippen LogP contribution in [0.25, 0.3) is 0 Å². The maximum Gasteiger partial charge on any atom is 0.351 e. The van der Waals surface area contributed by atoms with E-state index in [1.807, 2.05) is 30.3 Å². The van der Waals surface area contributed by atoms with Gasteiger partial charge in [0.05, 0.1) is 19.8 Å². The molecule has 3 rings (SSSR count). The molecule has 0 aliphatic rings. The molecule has 0 heterocycles. The van der Waals surface area contributed by atoms with Gasteiger partial charge in [-0.2, -0.15) is 0 Å². The first-order chi connectivity index (χ1) is 15.5. The summed E-state index contributed by atoms with van der Waals surface area (Å²) in [7, 11) is 2.63. The van der Waals surface area contributed by atoms with E-state index in [1.54, 1.807) is 30.3 Å². The Balaban J connectivity index is 1.87. The predicted molar refractivity (Wildman–Crippen MR) is 116 cm³/mol. The molecule has 0 aliphatic carbocycles. The molecule has 7 nitrogen and oxygen atoms in total. The number of benzene rings is 3. The molecule has 0 amide bonds. The lowest BCUT2D eigenvalue weighted by atomic mass is 10.1. The van der Waals surface area contributed by atoms with E-state index in [4.69, 9.17) is 14.2 Å². The van der Waals surface area contributed by atoms with E-state index in [0.717, 1.165) is 5.56 Å². The number of Topliss-reactive ketones (excluding diaryl/α,β-unsaturated/α-hetero) is 1. The molecule has 0 radical (unpaired) electrons. The van der Waals surface area contributed by atoms with Gasteiger partial charge in [-0.15, -0.1) is 0 Å². The average Bonchev–Trinajstić information content (AvgIpc) is 2.83. The van der Waals surface area contributed by atoms with Crippen molar-refractivity contribution < 1.29 is 33.3 Å². The highest BCUT2D eigenvalue weighted by Crippen LogP contribution is 2.31. The lowest BCUT2D eigenvalue weighted by molar-refractivity contribution is -0.139. The fourth-order valence-corrected chi connectivity index (χ4v) is 2.97. The van der Waals surface area contributed by atoms with E-state index < -0.39 is 24.1 Å². The van der Waals surface area contributed by atoms with E-state index in [-0.39, 0.29) is 35.0 Å². The number of esters is 2. The van der Waals surface area contributed by atoms with Crippen LogP contribution in [0.2, 0.25) is 0 Å². The van der Waals surface area contributed by atoms with Gasteiger partial charge in [0.25, 0.3) is 0 Å². The number of carbonyl (C=O) groups excluding carboxylic acids is 3. The minimum Gasteiger partial charge on any atom is -0.496 e. The number of ketones is 1. The molecule has 0 spiro atoms. The molecule has 3 aromatic carbocycles. The Labute approximate surface area is 185 Å². The molecule has 0 aliphatic heterocycles. The van der Waals surface area contributed by atoms with Crippen LogP contribution in [-0.2, 0) is 16.1 Å². The van der Waals surface area contributed by atoms with Gasteiger partial charge in [0.1, 0.15) is 35.8 Å².